The quantitative estimate of drug-likeness (QED) is 0.781. The lowest BCUT2D eigenvalue weighted by atomic mass is 10.2. The highest BCUT2D eigenvalue weighted by molar-refractivity contribution is 7.80. The van der Waals surface area contributed by atoms with Gasteiger partial charge in [-0.05, 0) is 27.0 Å². The van der Waals surface area contributed by atoms with Crippen LogP contribution in [-0.2, 0) is 6.54 Å². The van der Waals surface area contributed by atoms with Gasteiger partial charge in [0.25, 0.3) is 0 Å². The summed E-state index contributed by atoms with van der Waals surface area (Å²) >= 11 is 4.90. The van der Waals surface area contributed by atoms with E-state index in [9.17, 15) is 0 Å². The zero-order valence-corrected chi connectivity index (χ0v) is 10.3. The monoisotopic (exact) mass is 226 g/mol. The van der Waals surface area contributed by atoms with Crippen LogP contribution in [0.2, 0.25) is 0 Å². The van der Waals surface area contributed by atoms with Crippen molar-refractivity contribution in [2.24, 2.45) is 5.73 Å². The smallest absolute Gasteiger partial charge is 0.105 e. The van der Waals surface area contributed by atoms with Crippen LogP contribution in [0.5, 0.6) is 0 Å². The molecule has 1 heterocycles. The molecule has 4 heteroatoms. The minimum absolute atomic E-state index is 0.358. The van der Waals surface area contributed by atoms with Gasteiger partial charge in [-0.25, -0.2) is 0 Å². The molecule has 0 fully saturated rings. The summed E-state index contributed by atoms with van der Waals surface area (Å²) in [6.07, 6.45) is 2.47. The van der Waals surface area contributed by atoms with Gasteiger partial charge in [-0.1, -0.05) is 12.2 Å². The van der Waals surface area contributed by atoms with E-state index in [4.69, 9.17) is 22.4 Å². The normalized spacial score (nSPS) is 13.1. The minimum atomic E-state index is 0.358. The van der Waals surface area contributed by atoms with Crippen molar-refractivity contribution in [3.05, 3.63) is 23.7 Å². The van der Waals surface area contributed by atoms with Gasteiger partial charge in [-0.15, -0.1) is 0 Å². The van der Waals surface area contributed by atoms with Gasteiger partial charge in [-0.2, -0.15) is 0 Å². The summed E-state index contributed by atoms with van der Waals surface area (Å²) in [6, 6.07) is 2.36. The van der Waals surface area contributed by atoms with Crippen LogP contribution in [0, 0.1) is 6.92 Å². The number of furan rings is 1. The molecule has 1 aromatic rings. The first-order chi connectivity index (χ1) is 7.00. The van der Waals surface area contributed by atoms with Crippen molar-refractivity contribution >= 4 is 17.2 Å². The van der Waals surface area contributed by atoms with E-state index in [1.54, 1.807) is 6.26 Å². The summed E-state index contributed by atoms with van der Waals surface area (Å²) in [5.41, 5.74) is 6.74. The molecule has 2 N–H and O–H groups in total. The lowest BCUT2D eigenvalue weighted by Gasteiger charge is -2.23. The number of hydrogen-bond donors (Lipinski definition) is 1. The second-order valence-corrected chi connectivity index (χ2v) is 4.46. The summed E-state index contributed by atoms with van der Waals surface area (Å²) in [6.45, 7) is 4.96. The molecule has 1 atom stereocenters. The van der Waals surface area contributed by atoms with Gasteiger partial charge in [0.15, 0.2) is 0 Å². The lowest BCUT2D eigenvalue weighted by molar-refractivity contribution is 0.253. The highest BCUT2D eigenvalue weighted by atomic mass is 32.1. The Kier molecular flexibility index (Phi) is 4.29. The van der Waals surface area contributed by atoms with Crippen LogP contribution in [-0.4, -0.2) is 23.0 Å². The number of rotatable bonds is 5. The Balaban J connectivity index is 2.52. The van der Waals surface area contributed by atoms with Crippen molar-refractivity contribution in [3.63, 3.8) is 0 Å². The topological polar surface area (TPSA) is 42.4 Å². The van der Waals surface area contributed by atoms with Crippen molar-refractivity contribution < 1.29 is 4.42 Å². The van der Waals surface area contributed by atoms with Crippen molar-refractivity contribution in [3.8, 4) is 0 Å². The summed E-state index contributed by atoms with van der Waals surface area (Å²) in [4.78, 5) is 2.79. The van der Waals surface area contributed by atoms with E-state index in [0.717, 1.165) is 18.7 Å². The Bertz CT molecular complexity index is 335. The fourth-order valence-electron chi connectivity index (χ4n) is 1.45. The lowest BCUT2D eigenvalue weighted by Crippen LogP contribution is -2.32. The zero-order valence-electron chi connectivity index (χ0n) is 9.49. The summed E-state index contributed by atoms with van der Waals surface area (Å²) in [5, 5.41) is 0. The largest absolute Gasteiger partial charge is 0.469 e. The number of thiocarbonyl (C=S) groups is 1. The van der Waals surface area contributed by atoms with Gasteiger partial charge in [0, 0.05) is 24.6 Å². The molecule has 0 saturated heterocycles. The summed E-state index contributed by atoms with van der Waals surface area (Å²) < 4.78 is 5.25. The van der Waals surface area contributed by atoms with E-state index >= 15 is 0 Å². The second-order valence-electron chi connectivity index (χ2n) is 3.94. The highest BCUT2D eigenvalue weighted by Gasteiger charge is 2.12. The molecule has 0 bridgehead atoms. The van der Waals surface area contributed by atoms with Crippen molar-refractivity contribution in [2.45, 2.75) is 32.9 Å². The first kappa shape index (κ1) is 12.2. The first-order valence-electron chi connectivity index (χ1n) is 5.02. The maximum atomic E-state index is 5.52. The highest BCUT2D eigenvalue weighted by Crippen LogP contribution is 2.13. The molecule has 84 valence electrons. The second kappa shape index (κ2) is 5.28. The number of hydrogen-bond acceptors (Lipinski definition) is 3. The average Bonchev–Trinajstić information content (AvgIpc) is 2.50. The van der Waals surface area contributed by atoms with Crippen LogP contribution < -0.4 is 5.73 Å². The molecule has 0 spiro atoms. The maximum absolute atomic E-state index is 5.52. The number of nitrogens with zero attached hydrogens (tertiary/aromatic N) is 1. The van der Waals surface area contributed by atoms with Crippen molar-refractivity contribution in [1.82, 2.24) is 4.90 Å². The van der Waals surface area contributed by atoms with Gasteiger partial charge >= 0.3 is 0 Å². The summed E-state index contributed by atoms with van der Waals surface area (Å²) in [7, 11) is 2.06. The molecule has 0 aromatic carbocycles. The number of aryl methyl sites for hydroxylation is 1. The van der Waals surface area contributed by atoms with E-state index in [1.807, 2.05) is 13.0 Å². The molecule has 3 nitrogen and oxygen atoms in total. The Hall–Kier alpha value is -0.870. The van der Waals surface area contributed by atoms with Crippen LogP contribution in [0.3, 0.4) is 0 Å². The van der Waals surface area contributed by atoms with Crippen molar-refractivity contribution in [1.29, 1.82) is 0 Å². The molecule has 1 unspecified atom stereocenters. The van der Waals surface area contributed by atoms with Crippen LogP contribution in [0.1, 0.15) is 24.7 Å². The van der Waals surface area contributed by atoms with Crippen molar-refractivity contribution in [2.75, 3.05) is 7.05 Å². The van der Waals surface area contributed by atoms with Gasteiger partial charge in [0.1, 0.15) is 5.76 Å². The predicted octanol–water partition coefficient (Wildman–Crippen LogP) is 2.08. The fraction of sp³-hybridized carbons (Fsp3) is 0.545. The molecular weight excluding hydrogens is 208 g/mol. The maximum Gasteiger partial charge on any atom is 0.105 e. The molecule has 0 amide bonds. The molecule has 0 aliphatic heterocycles. The van der Waals surface area contributed by atoms with Gasteiger partial charge in [0.05, 0.1) is 11.3 Å². The molecule has 1 aromatic heterocycles. The summed E-state index contributed by atoms with van der Waals surface area (Å²) in [5.74, 6) is 0.976. The van der Waals surface area contributed by atoms with Gasteiger partial charge in [0.2, 0.25) is 0 Å². The molecule has 1 rings (SSSR count). The zero-order chi connectivity index (χ0) is 11.4. The molecular formula is C11H18N2OS. The predicted molar refractivity (Wildman–Crippen MR) is 65.8 cm³/mol. The van der Waals surface area contributed by atoms with Gasteiger partial charge < -0.3 is 10.2 Å². The number of nitrogens with two attached hydrogens (primary N) is 1. The Morgan fingerprint density at radius 2 is 2.33 bits per heavy atom. The standard InChI is InChI=1S/C11H18N2OS/c1-8(6-11(12)15)13(3)7-10-4-5-14-9(10)2/h4-5,8H,6-7H2,1-3H3,(H2,12,15). The van der Waals surface area contributed by atoms with E-state index in [-0.39, 0.29) is 0 Å². The third kappa shape index (κ3) is 3.64. The Morgan fingerprint density at radius 1 is 1.67 bits per heavy atom. The van der Waals surface area contributed by atoms with E-state index in [2.05, 4.69) is 18.9 Å². The van der Waals surface area contributed by atoms with E-state index in [0.29, 0.717) is 11.0 Å². The molecule has 0 aliphatic rings. The molecule has 0 saturated carbocycles. The molecule has 15 heavy (non-hydrogen) atoms. The van der Waals surface area contributed by atoms with Crippen LogP contribution in [0.4, 0.5) is 0 Å². The molecule has 0 aliphatic carbocycles. The Morgan fingerprint density at radius 3 is 2.80 bits per heavy atom. The van der Waals surface area contributed by atoms with E-state index < -0.39 is 0 Å². The van der Waals surface area contributed by atoms with Crippen LogP contribution >= 0.6 is 12.2 Å². The van der Waals surface area contributed by atoms with Gasteiger partial charge in [-0.3, -0.25) is 4.90 Å². The first-order valence-corrected chi connectivity index (χ1v) is 5.43. The Labute approximate surface area is 96.2 Å². The third-order valence-corrected chi connectivity index (χ3v) is 2.80. The minimum Gasteiger partial charge on any atom is -0.469 e. The van der Waals surface area contributed by atoms with E-state index in [1.165, 1.54) is 5.56 Å². The molecule has 0 radical (unpaired) electrons. The fourth-order valence-corrected chi connectivity index (χ4v) is 1.69. The van der Waals surface area contributed by atoms with Crippen LogP contribution in [0.15, 0.2) is 16.7 Å². The van der Waals surface area contributed by atoms with Crippen LogP contribution in [0.25, 0.3) is 0 Å². The SMILES string of the molecule is Cc1occc1CN(C)C(C)CC(N)=S. The average molecular weight is 226 g/mol. The third-order valence-electron chi connectivity index (χ3n) is 2.64.